The molecule has 0 saturated carbocycles. The van der Waals surface area contributed by atoms with Crippen LogP contribution in [-0.4, -0.2) is 38.1 Å². The number of amides is 1. The minimum atomic E-state index is -0.123. The highest BCUT2D eigenvalue weighted by molar-refractivity contribution is 5.80. The first-order valence-electron chi connectivity index (χ1n) is 9.81. The van der Waals surface area contributed by atoms with E-state index in [2.05, 4.69) is 5.32 Å². The fraction of sp³-hybridized carbons (Fsp3) is 0.409. The van der Waals surface area contributed by atoms with Crippen LogP contribution in [0.25, 0.3) is 0 Å². The Balaban J connectivity index is 1.48. The number of rotatable bonds is 6. The quantitative estimate of drug-likeness (QED) is 0.675. The Labute approximate surface area is 161 Å². The zero-order chi connectivity index (χ0) is 19.2. The molecule has 5 heteroatoms. The molecule has 4 nitrogen and oxygen atoms in total. The second-order valence-corrected chi connectivity index (χ2v) is 7.54. The van der Waals surface area contributed by atoms with Crippen molar-refractivity contribution in [2.24, 2.45) is 0 Å². The number of halogens is 1. The predicted octanol–water partition coefficient (Wildman–Crippen LogP) is 0.375. The maximum atomic E-state index is 13.8. The van der Waals surface area contributed by atoms with Gasteiger partial charge in [0.05, 0.1) is 6.04 Å². The van der Waals surface area contributed by atoms with Crippen LogP contribution in [0.1, 0.15) is 31.0 Å². The lowest BCUT2D eigenvalue weighted by atomic mass is 10.1. The molecule has 1 amide bonds. The van der Waals surface area contributed by atoms with Gasteiger partial charge >= 0.3 is 0 Å². The zero-order valence-corrected chi connectivity index (χ0v) is 16.2. The van der Waals surface area contributed by atoms with Crippen LogP contribution >= 0.6 is 0 Å². The fourth-order valence-corrected chi connectivity index (χ4v) is 3.79. The minimum Gasteiger partial charge on any atom is -0.344 e. The molecule has 2 atom stereocenters. The number of piperazine rings is 1. The van der Waals surface area contributed by atoms with E-state index >= 15 is 0 Å². The van der Waals surface area contributed by atoms with Crippen LogP contribution in [0.5, 0.6) is 0 Å². The van der Waals surface area contributed by atoms with Crippen LogP contribution in [0.15, 0.2) is 54.6 Å². The van der Waals surface area contributed by atoms with Crippen molar-refractivity contribution in [3.05, 3.63) is 71.5 Å². The third kappa shape index (κ3) is 5.15. The number of nitrogens with one attached hydrogen (secondary N) is 3. The largest absolute Gasteiger partial charge is 0.344 e. The molecule has 0 bridgehead atoms. The van der Waals surface area contributed by atoms with Crippen LogP contribution in [0.3, 0.4) is 0 Å². The summed E-state index contributed by atoms with van der Waals surface area (Å²) in [6, 6.07) is 17.0. The summed E-state index contributed by atoms with van der Waals surface area (Å²) in [6.07, 6.45) is 0. The average molecular weight is 372 g/mol. The highest BCUT2D eigenvalue weighted by atomic mass is 19.1. The fourth-order valence-electron chi connectivity index (χ4n) is 3.79. The van der Waals surface area contributed by atoms with Gasteiger partial charge in [-0.1, -0.05) is 48.5 Å². The molecule has 3 N–H and O–H groups in total. The Morgan fingerprint density at radius 1 is 1.00 bits per heavy atom. The summed E-state index contributed by atoms with van der Waals surface area (Å²) in [4.78, 5) is 15.3. The highest BCUT2D eigenvalue weighted by Crippen LogP contribution is 2.10. The lowest BCUT2D eigenvalue weighted by molar-refractivity contribution is -1.02. The third-order valence-electron chi connectivity index (χ3n) is 5.66. The van der Waals surface area contributed by atoms with Crippen molar-refractivity contribution in [3.63, 3.8) is 0 Å². The van der Waals surface area contributed by atoms with Gasteiger partial charge in [-0.3, -0.25) is 4.79 Å². The highest BCUT2D eigenvalue weighted by Gasteiger charge is 2.31. The Bertz CT molecular complexity index is 744. The van der Waals surface area contributed by atoms with Gasteiger partial charge in [0.1, 0.15) is 38.5 Å². The summed E-state index contributed by atoms with van der Waals surface area (Å²) >= 11 is 0. The van der Waals surface area contributed by atoms with E-state index in [0.29, 0.717) is 6.54 Å². The van der Waals surface area contributed by atoms with Crippen molar-refractivity contribution in [3.8, 4) is 0 Å². The average Bonchev–Trinajstić information content (AvgIpc) is 2.70. The molecule has 2 aromatic carbocycles. The van der Waals surface area contributed by atoms with Crippen LogP contribution in [0.2, 0.25) is 0 Å². The first-order valence-corrected chi connectivity index (χ1v) is 9.81. The van der Waals surface area contributed by atoms with Crippen molar-refractivity contribution >= 4 is 5.91 Å². The van der Waals surface area contributed by atoms with Crippen molar-refractivity contribution < 1.29 is 19.0 Å². The topological polar surface area (TPSA) is 38.0 Å². The standard InChI is InChI=1S/C22H28FN3O/c1-17(19-8-4-3-5-9-19)24-22(27)18(2)26-14-12-25(13-15-26)16-20-10-6-7-11-21(20)23/h3-11,17-18H,12-16H2,1-2H3,(H,24,27)/p+2/t17-,18+/m0/s1. The molecule has 1 aliphatic rings. The van der Waals surface area contributed by atoms with E-state index in [1.54, 1.807) is 6.07 Å². The van der Waals surface area contributed by atoms with Gasteiger partial charge in [0.25, 0.3) is 5.91 Å². The number of carbonyl (C=O) groups excluding carboxylic acids is 1. The van der Waals surface area contributed by atoms with Crippen molar-refractivity contribution in [1.29, 1.82) is 0 Å². The first kappa shape index (κ1) is 19.5. The molecule has 144 valence electrons. The Morgan fingerprint density at radius 2 is 1.63 bits per heavy atom. The monoisotopic (exact) mass is 371 g/mol. The minimum absolute atomic E-state index is 0.00789. The Morgan fingerprint density at radius 3 is 2.30 bits per heavy atom. The number of benzene rings is 2. The van der Waals surface area contributed by atoms with E-state index < -0.39 is 0 Å². The SMILES string of the molecule is C[C@H](NC(=O)[C@@H](C)[NH+]1CC[NH+](Cc2ccccc2F)CC1)c1ccccc1. The van der Waals surface area contributed by atoms with Crippen molar-refractivity contribution in [2.45, 2.75) is 32.5 Å². The van der Waals surface area contributed by atoms with E-state index in [1.165, 1.54) is 15.9 Å². The summed E-state index contributed by atoms with van der Waals surface area (Å²) in [5.41, 5.74) is 1.89. The van der Waals surface area contributed by atoms with Gasteiger partial charge in [-0.2, -0.15) is 0 Å². The molecule has 0 unspecified atom stereocenters. The smallest absolute Gasteiger partial charge is 0.278 e. The summed E-state index contributed by atoms with van der Waals surface area (Å²) in [5.74, 6) is -0.0265. The molecule has 2 aromatic rings. The van der Waals surface area contributed by atoms with Crippen LogP contribution < -0.4 is 15.1 Å². The number of hydrogen-bond acceptors (Lipinski definition) is 1. The molecule has 1 fully saturated rings. The Kier molecular flexibility index (Phi) is 6.58. The molecular weight excluding hydrogens is 341 g/mol. The van der Waals surface area contributed by atoms with Crippen molar-refractivity contribution in [2.75, 3.05) is 26.2 Å². The molecule has 0 aliphatic carbocycles. The summed E-state index contributed by atoms with van der Waals surface area (Å²) < 4.78 is 13.8. The normalized spacial score (nSPS) is 22.0. The molecule has 0 spiro atoms. The lowest BCUT2D eigenvalue weighted by Crippen LogP contribution is -3.29. The maximum absolute atomic E-state index is 13.8. The van der Waals surface area contributed by atoms with E-state index in [0.717, 1.165) is 37.3 Å². The van der Waals surface area contributed by atoms with Crippen LogP contribution in [0.4, 0.5) is 4.39 Å². The number of hydrogen-bond donors (Lipinski definition) is 3. The van der Waals surface area contributed by atoms with Gasteiger partial charge in [0.15, 0.2) is 6.04 Å². The maximum Gasteiger partial charge on any atom is 0.278 e. The molecule has 1 heterocycles. The van der Waals surface area contributed by atoms with Crippen LogP contribution in [-0.2, 0) is 11.3 Å². The second-order valence-electron chi connectivity index (χ2n) is 7.54. The van der Waals surface area contributed by atoms with E-state index in [-0.39, 0.29) is 23.8 Å². The van der Waals surface area contributed by atoms with Gasteiger partial charge in [-0.05, 0) is 25.5 Å². The van der Waals surface area contributed by atoms with E-state index in [1.807, 2.05) is 56.3 Å². The van der Waals surface area contributed by atoms with E-state index in [9.17, 15) is 9.18 Å². The first-order chi connectivity index (χ1) is 13.0. The zero-order valence-electron chi connectivity index (χ0n) is 16.2. The third-order valence-corrected chi connectivity index (χ3v) is 5.66. The molecule has 0 aromatic heterocycles. The number of quaternary nitrogens is 2. The molecule has 1 aliphatic heterocycles. The summed E-state index contributed by atoms with van der Waals surface area (Å²) in [5, 5.41) is 3.14. The van der Waals surface area contributed by atoms with Gasteiger partial charge in [0.2, 0.25) is 0 Å². The Hall–Kier alpha value is -2.24. The van der Waals surface area contributed by atoms with Crippen LogP contribution in [0, 0.1) is 5.82 Å². The molecule has 27 heavy (non-hydrogen) atoms. The molecule has 3 rings (SSSR count). The van der Waals surface area contributed by atoms with E-state index in [4.69, 9.17) is 0 Å². The summed E-state index contributed by atoms with van der Waals surface area (Å²) in [6.45, 7) is 8.50. The molecular formula is C22H30FN3O+2. The van der Waals surface area contributed by atoms with Gasteiger partial charge < -0.3 is 15.1 Å². The van der Waals surface area contributed by atoms with Crippen molar-refractivity contribution in [1.82, 2.24) is 5.32 Å². The summed E-state index contributed by atoms with van der Waals surface area (Å²) in [7, 11) is 0. The number of carbonyl (C=O) groups is 1. The van der Waals surface area contributed by atoms with Gasteiger partial charge in [-0.25, -0.2) is 4.39 Å². The second kappa shape index (κ2) is 9.11. The lowest BCUT2D eigenvalue weighted by Gasteiger charge is -2.33. The van der Waals surface area contributed by atoms with Gasteiger partial charge in [-0.15, -0.1) is 0 Å². The molecule has 1 saturated heterocycles. The van der Waals surface area contributed by atoms with Gasteiger partial charge in [0, 0.05) is 5.56 Å². The molecule has 0 radical (unpaired) electrons. The predicted molar refractivity (Wildman–Crippen MR) is 104 cm³/mol.